The Morgan fingerprint density at radius 3 is 2.04 bits per heavy atom. The molecule has 1 aliphatic heterocycles. The summed E-state index contributed by atoms with van der Waals surface area (Å²) >= 11 is 0. The lowest BCUT2D eigenvalue weighted by Crippen LogP contribution is -2.52. The molecule has 0 bridgehead atoms. The van der Waals surface area contributed by atoms with Crippen molar-refractivity contribution in [3.63, 3.8) is 0 Å². The smallest absolute Gasteiger partial charge is 0.283 e. The van der Waals surface area contributed by atoms with Crippen molar-refractivity contribution in [2.45, 2.75) is 23.7 Å². The predicted octanol–water partition coefficient (Wildman–Crippen LogP) is 4.30. The molecule has 0 spiro atoms. The Morgan fingerprint density at radius 1 is 0.857 bits per heavy atom. The van der Waals surface area contributed by atoms with Gasteiger partial charge >= 0.3 is 0 Å². The molecule has 28 heavy (non-hydrogen) atoms. The Labute approximate surface area is 167 Å². The third-order valence-electron chi connectivity index (χ3n) is 4.87. The summed E-state index contributed by atoms with van der Waals surface area (Å²) in [7, 11) is 2.55. The summed E-state index contributed by atoms with van der Waals surface area (Å²) in [5, 5.41) is 0. The molecule has 1 saturated heterocycles. The maximum absolute atomic E-state index is 12.8. The molecule has 4 rings (SSSR count). The van der Waals surface area contributed by atoms with Crippen LogP contribution in [0, 0.1) is 6.92 Å². The highest BCUT2D eigenvalue weighted by Crippen LogP contribution is 2.46. The van der Waals surface area contributed by atoms with Crippen LogP contribution >= 0.6 is 0 Å². The van der Waals surface area contributed by atoms with Gasteiger partial charge in [0.25, 0.3) is 10.0 Å². The molecule has 4 nitrogen and oxygen atoms in total. The highest BCUT2D eigenvalue weighted by Gasteiger charge is 2.44. The normalized spacial score (nSPS) is 20.8. The summed E-state index contributed by atoms with van der Waals surface area (Å²) in [5.74, 6) is -0.163. The van der Waals surface area contributed by atoms with Crippen LogP contribution in [0.2, 0.25) is 5.82 Å². The average molecular weight is 386 g/mol. The van der Waals surface area contributed by atoms with Gasteiger partial charge < -0.3 is 4.90 Å². The van der Waals surface area contributed by atoms with Gasteiger partial charge in [0.1, 0.15) is 5.84 Å². The average Bonchev–Trinajstić information content (AvgIpc) is 2.71. The molecule has 1 aliphatic rings. The maximum Gasteiger partial charge on any atom is 0.283 e. The number of amidine groups is 1. The first-order chi connectivity index (χ1) is 13.5. The van der Waals surface area contributed by atoms with Crippen molar-refractivity contribution in [2.75, 3.05) is 4.90 Å². The Morgan fingerprint density at radius 2 is 1.43 bits per heavy atom. The van der Waals surface area contributed by atoms with E-state index in [0.717, 1.165) is 16.8 Å². The fourth-order valence-corrected chi connectivity index (χ4v) is 4.44. The van der Waals surface area contributed by atoms with Gasteiger partial charge in [-0.25, -0.2) is 0 Å². The van der Waals surface area contributed by atoms with E-state index in [-0.39, 0.29) is 10.9 Å². The van der Waals surface area contributed by atoms with E-state index in [1.807, 2.05) is 72.5 Å². The Balaban J connectivity index is 1.77. The van der Waals surface area contributed by atoms with Crippen molar-refractivity contribution in [1.29, 1.82) is 0 Å². The Hall–Kier alpha value is -2.86. The van der Waals surface area contributed by atoms with E-state index < -0.39 is 15.8 Å². The lowest BCUT2D eigenvalue weighted by atomic mass is 9.69. The molecule has 2 radical (unpaired) electrons. The zero-order valence-electron chi connectivity index (χ0n) is 15.4. The minimum Gasteiger partial charge on any atom is -0.322 e. The summed E-state index contributed by atoms with van der Waals surface area (Å²) in [5.41, 5.74) is 2.86. The molecule has 0 amide bonds. The molecule has 138 valence electrons. The molecule has 0 unspecified atom stereocenters. The summed E-state index contributed by atoms with van der Waals surface area (Å²) in [4.78, 5) is 2.06. The van der Waals surface area contributed by atoms with E-state index in [9.17, 15) is 8.42 Å². The van der Waals surface area contributed by atoms with E-state index in [0.29, 0.717) is 5.84 Å². The zero-order valence-corrected chi connectivity index (χ0v) is 16.3. The van der Waals surface area contributed by atoms with Gasteiger partial charge in [-0.15, -0.1) is 4.40 Å². The van der Waals surface area contributed by atoms with Crippen LogP contribution in [0.4, 0.5) is 5.69 Å². The van der Waals surface area contributed by atoms with Crippen molar-refractivity contribution in [3.8, 4) is 0 Å². The summed E-state index contributed by atoms with van der Waals surface area (Å²) < 4.78 is 29.8. The van der Waals surface area contributed by atoms with Gasteiger partial charge in [-0.3, -0.25) is 0 Å². The van der Waals surface area contributed by atoms with E-state index in [4.69, 9.17) is 7.85 Å². The zero-order chi connectivity index (χ0) is 19.7. The maximum atomic E-state index is 12.8. The number of aryl methyl sites for hydroxylation is 1. The Bertz CT molecular complexity index is 1100. The van der Waals surface area contributed by atoms with Crippen LogP contribution in [-0.4, -0.2) is 22.1 Å². The first-order valence-corrected chi connectivity index (χ1v) is 10.5. The number of benzene rings is 3. The summed E-state index contributed by atoms with van der Waals surface area (Å²) in [6, 6.07) is 25.9. The quantitative estimate of drug-likeness (QED) is 0.629. The third-order valence-corrected chi connectivity index (χ3v) is 6.17. The number of rotatable bonds is 4. The lowest BCUT2D eigenvalue weighted by Gasteiger charge is -2.49. The van der Waals surface area contributed by atoms with Crippen LogP contribution in [0.3, 0.4) is 0 Å². The molecular formula is C22H19BN2O2S. The fraction of sp³-hybridized carbons (Fsp3) is 0.136. The van der Waals surface area contributed by atoms with E-state index in [2.05, 4.69) is 4.40 Å². The second kappa shape index (κ2) is 7.28. The van der Waals surface area contributed by atoms with Crippen LogP contribution in [0.5, 0.6) is 0 Å². The van der Waals surface area contributed by atoms with Gasteiger partial charge in [0.2, 0.25) is 0 Å². The van der Waals surface area contributed by atoms with Crippen molar-refractivity contribution in [3.05, 3.63) is 96.1 Å². The van der Waals surface area contributed by atoms with Gasteiger partial charge in [-0.05, 0) is 36.8 Å². The van der Waals surface area contributed by atoms with Gasteiger partial charge in [-0.2, -0.15) is 8.42 Å². The summed E-state index contributed by atoms with van der Waals surface area (Å²) in [6.45, 7) is 1.91. The molecule has 0 aromatic heterocycles. The molecule has 2 atom stereocenters. The fourth-order valence-electron chi connectivity index (χ4n) is 3.40. The molecule has 0 saturated carbocycles. The lowest BCUT2D eigenvalue weighted by molar-refractivity contribution is 0.594. The second-order valence-electron chi connectivity index (χ2n) is 6.82. The van der Waals surface area contributed by atoms with E-state index in [1.165, 1.54) is 0 Å². The van der Waals surface area contributed by atoms with Crippen molar-refractivity contribution >= 4 is 29.4 Å². The molecule has 3 aromatic rings. The highest BCUT2D eigenvalue weighted by molar-refractivity contribution is 7.90. The van der Waals surface area contributed by atoms with Crippen LogP contribution in [0.25, 0.3) is 0 Å². The van der Waals surface area contributed by atoms with Gasteiger partial charge in [0.05, 0.1) is 18.8 Å². The van der Waals surface area contributed by atoms with Crippen LogP contribution in [0.1, 0.15) is 17.2 Å². The number of nitrogens with zero attached hydrogens (tertiary/aromatic N) is 2. The monoisotopic (exact) mass is 386 g/mol. The standard InChI is InChI=1S/C22H19BN2O2S/c1-16-12-14-19(15-13-16)28(26,27)24-22-20(23)21(17-8-4-2-5-9-17)25(22)18-10-6-3-7-11-18/h2-15,20-21H,1H3/b24-22-/t20-,21-/m1/s1. The molecule has 0 aliphatic carbocycles. The minimum absolute atomic E-state index is 0.161. The van der Waals surface area contributed by atoms with E-state index in [1.54, 1.807) is 24.3 Å². The van der Waals surface area contributed by atoms with E-state index >= 15 is 0 Å². The summed E-state index contributed by atoms with van der Waals surface area (Å²) in [6.07, 6.45) is 0. The molecule has 0 N–H and O–H groups in total. The first kappa shape index (κ1) is 18.5. The molecular weight excluding hydrogens is 367 g/mol. The SMILES string of the molecule is [B][C@H]1/C(=N/S(=O)(=O)c2ccc(C)cc2)N(c2ccccc2)[C@@H]1c1ccccc1. The predicted molar refractivity (Wildman–Crippen MR) is 113 cm³/mol. The van der Waals surface area contributed by atoms with Gasteiger partial charge in [0.15, 0.2) is 0 Å². The van der Waals surface area contributed by atoms with Crippen LogP contribution < -0.4 is 4.90 Å². The number of hydrogen-bond acceptors (Lipinski definition) is 2. The molecule has 1 fully saturated rings. The molecule has 1 heterocycles. The first-order valence-electron chi connectivity index (χ1n) is 9.04. The Kier molecular flexibility index (Phi) is 4.81. The molecule has 3 aromatic carbocycles. The van der Waals surface area contributed by atoms with Crippen molar-refractivity contribution in [1.82, 2.24) is 0 Å². The second-order valence-corrected chi connectivity index (χ2v) is 8.43. The van der Waals surface area contributed by atoms with Crippen LogP contribution in [-0.2, 0) is 10.0 Å². The third kappa shape index (κ3) is 3.36. The van der Waals surface area contributed by atoms with Crippen molar-refractivity contribution in [2.24, 2.45) is 4.40 Å². The van der Waals surface area contributed by atoms with Gasteiger partial charge in [-0.1, -0.05) is 66.2 Å². The topological polar surface area (TPSA) is 49.7 Å². The number of sulfonamides is 1. The number of para-hydroxylation sites is 1. The molecule has 6 heteroatoms. The van der Waals surface area contributed by atoms with Crippen molar-refractivity contribution < 1.29 is 8.42 Å². The number of anilines is 1. The number of hydrogen-bond donors (Lipinski definition) is 0. The largest absolute Gasteiger partial charge is 0.322 e. The minimum atomic E-state index is -3.85. The van der Waals surface area contributed by atoms with Crippen LogP contribution in [0.15, 0.2) is 94.2 Å². The highest BCUT2D eigenvalue weighted by atomic mass is 32.2. The van der Waals surface area contributed by atoms with Gasteiger partial charge in [0, 0.05) is 11.5 Å².